The Balaban J connectivity index is 1.94. The summed E-state index contributed by atoms with van der Waals surface area (Å²) in [6.45, 7) is 0.281. The van der Waals surface area contributed by atoms with Crippen LogP contribution in [0.15, 0.2) is 66.5 Å². The molecule has 130 valence electrons. The number of para-hydroxylation sites is 1. The number of urea groups is 1. The molecule has 1 heterocycles. The van der Waals surface area contributed by atoms with Crippen LogP contribution < -0.4 is 10.0 Å². The molecule has 1 aliphatic rings. The van der Waals surface area contributed by atoms with Gasteiger partial charge in [0.25, 0.3) is 0 Å². The first-order valence-corrected chi connectivity index (χ1v) is 9.68. The van der Waals surface area contributed by atoms with Crippen molar-refractivity contribution in [1.82, 2.24) is 9.62 Å². The Morgan fingerprint density at radius 2 is 1.80 bits per heavy atom. The number of rotatable bonds is 3. The maximum Gasteiger partial charge on any atom is 0.335 e. The van der Waals surface area contributed by atoms with Crippen LogP contribution in [0.2, 0.25) is 0 Å². The molecule has 2 N–H and O–H groups in total. The molecule has 25 heavy (non-hydrogen) atoms. The zero-order valence-electron chi connectivity index (χ0n) is 13.8. The molecule has 0 atom stereocenters. The normalized spacial score (nSPS) is 14.0. The molecule has 6 nitrogen and oxygen atoms in total. The summed E-state index contributed by atoms with van der Waals surface area (Å²) in [6, 6.07) is 16.7. The number of carbonyl (C=O) groups excluding carboxylic acids is 1. The summed E-state index contributed by atoms with van der Waals surface area (Å²) in [6.07, 6.45) is 3.22. The summed E-state index contributed by atoms with van der Waals surface area (Å²) in [4.78, 5) is 14.0. The summed E-state index contributed by atoms with van der Waals surface area (Å²) in [5, 5.41) is 3.21. The minimum absolute atomic E-state index is 0.281. The van der Waals surface area contributed by atoms with E-state index in [0.29, 0.717) is 12.1 Å². The quantitative estimate of drug-likeness (QED) is 0.885. The van der Waals surface area contributed by atoms with Crippen molar-refractivity contribution in [2.24, 2.45) is 0 Å². The molecule has 0 bridgehead atoms. The molecular formula is C18H19N3O3S. The van der Waals surface area contributed by atoms with E-state index in [2.05, 4.69) is 10.0 Å². The monoisotopic (exact) mass is 357 g/mol. The first-order chi connectivity index (χ1) is 11.9. The molecule has 3 rings (SSSR count). The van der Waals surface area contributed by atoms with Crippen LogP contribution >= 0.6 is 0 Å². The zero-order valence-corrected chi connectivity index (χ0v) is 14.6. The lowest BCUT2D eigenvalue weighted by molar-refractivity contribution is 0.214. The summed E-state index contributed by atoms with van der Waals surface area (Å²) in [5.41, 5.74) is 3.51. The van der Waals surface area contributed by atoms with Crippen molar-refractivity contribution in [3.05, 3.63) is 77.6 Å². The topological polar surface area (TPSA) is 78.5 Å². The van der Waals surface area contributed by atoms with Crippen LogP contribution in [0, 0.1) is 0 Å². The van der Waals surface area contributed by atoms with Gasteiger partial charge in [0.05, 0.1) is 12.8 Å². The van der Waals surface area contributed by atoms with Gasteiger partial charge in [-0.1, -0.05) is 48.5 Å². The van der Waals surface area contributed by atoms with Crippen LogP contribution in [0.1, 0.15) is 11.1 Å². The predicted octanol–water partition coefficient (Wildman–Crippen LogP) is 2.67. The second-order valence-electron chi connectivity index (χ2n) is 5.87. The third-order valence-corrected chi connectivity index (χ3v) is 4.38. The van der Waals surface area contributed by atoms with Crippen molar-refractivity contribution in [3.8, 4) is 0 Å². The van der Waals surface area contributed by atoms with Gasteiger partial charge in [0.2, 0.25) is 10.0 Å². The number of benzene rings is 2. The minimum atomic E-state index is -3.65. The van der Waals surface area contributed by atoms with Crippen LogP contribution in [-0.2, 0) is 23.0 Å². The van der Waals surface area contributed by atoms with E-state index in [4.69, 9.17) is 0 Å². The van der Waals surface area contributed by atoms with Crippen molar-refractivity contribution in [2.45, 2.75) is 13.0 Å². The lowest BCUT2D eigenvalue weighted by atomic mass is 10.1. The number of carbonyl (C=O) groups is 1. The number of nitrogens with zero attached hydrogens (tertiary/aromatic N) is 1. The predicted molar refractivity (Wildman–Crippen MR) is 97.2 cm³/mol. The lowest BCUT2D eigenvalue weighted by Gasteiger charge is -2.24. The van der Waals surface area contributed by atoms with Crippen molar-refractivity contribution >= 4 is 21.7 Å². The number of allylic oxidation sites excluding steroid dienone is 1. The molecule has 0 saturated heterocycles. The number of fused-ring (bicyclic) bond motifs is 1. The summed E-state index contributed by atoms with van der Waals surface area (Å²) < 4.78 is 25.0. The maximum atomic E-state index is 12.5. The summed E-state index contributed by atoms with van der Waals surface area (Å²) in [7, 11) is -3.65. The van der Waals surface area contributed by atoms with Gasteiger partial charge in [-0.3, -0.25) is 4.90 Å². The first-order valence-electron chi connectivity index (χ1n) is 7.79. The number of hydrogen-bond acceptors (Lipinski definition) is 4. The standard InChI is InChI=1S/C18H19N3O3S/c1-25(23,24)20-18(22)21-13-15-9-5-6-10-17(15)19-12-16(21)11-14-7-3-2-4-8-14/h2-10,12,19H,11,13H2,1H3,(H,20,22). The average molecular weight is 357 g/mol. The van der Waals surface area contributed by atoms with Crippen LogP contribution in [-0.4, -0.2) is 25.6 Å². The Bertz CT molecular complexity index is 908. The molecule has 0 radical (unpaired) electrons. The van der Waals surface area contributed by atoms with Crippen molar-refractivity contribution in [2.75, 3.05) is 11.6 Å². The summed E-state index contributed by atoms with van der Waals surface area (Å²) >= 11 is 0. The fraction of sp³-hybridized carbons (Fsp3) is 0.167. The number of amides is 2. The Morgan fingerprint density at radius 3 is 2.52 bits per heavy atom. The van der Waals surface area contributed by atoms with E-state index in [1.807, 2.05) is 54.6 Å². The largest absolute Gasteiger partial charge is 0.360 e. The van der Waals surface area contributed by atoms with Crippen LogP contribution in [0.3, 0.4) is 0 Å². The van der Waals surface area contributed by atoms with Gasteiger partial charge in [-0.15, -0.1) is 0 Å². The van der Waals surface area contributed by atoms with Crippen LogP contribution in [0.4, 0.5) is 10.5 Å². The fourth-order valence-corrected chi connectivity index (χ4v) is 3.10. The molecule has 0 aliphatic carbocycles. The SMILES string of the molecule is CS(=O)(=O)NC(=O)N1Cc2ccccc2NC=C1Cc1ccccc1. The molecule has 2 aromatic carbocycles. The molecule has 7 heteroatoms. The maximum absolute atomic E-state index is 12.5. The molecular weight excluding hydrogens is 338 g/mol. The van der Waals surface area contributed by atoms with Gasteiger partial charge < -0.3 is 5.32 Å². The van der Waals surface area contributed by atoms with Gasteiger partial charge in [0.15, 0.2) is 0 Å². The third kappa shape index (κ3) is 4.39. The van der Waals surface area contributed by atoms with Gasteiger partial charge in [-0.05, 0) is 17.2 Å². The van der Waals surface area contributed by atoms with E-state index >= 15 is 0 Å². The second kappa shape index (κ2) is 6.98. The van der Waals surface area contributed by atoms with E-state index < -0.39 is 16.1 Å². The highest BCUT2D eigenvalue weighted by Gasteiger charge is 2.24. The Labute approximate surface area is 147 Å². The number of sulfonamides is 1. The number of anilines is 1. The van der Waals surface area contributed by atoms with E-state index in [1.165, 1.54) is 4.90 Å². The van der Waals surface area contributed by atoms with Gasteiger partial charge in [0.1, 0.15) is 0 Å². The van der Waals surface area contributed by atoms with Crippen molar-refractivity contribution < 1.29 is 13.2 Å². The van der Waals surface area contributed by atoms with E-state index in [0.717, 1.165) is 23.1 Å². The minimum Gasteiger partial charge on any atom is -0.360 e. The molecule has 2 aromatic rings. The van der Waals surface area contributed by atoms with Crippen LogP contribution in [0.5, 0.6) is 0 Å². The molecule has 0 saturated carbocycles. The number of nitrogens with one attached hydrogen (secondary N) is 2. The van der Waals surface area contributed by atoms with Crippen molar-refractivity contribution in [1.29, 1.82) is 0 Å². The molecule has 1 aliphatic heterocycles. The van der Waals surface area contributed by atoms with E-state index in [9.17, 15) is 13.2 Å². The highest BCUT2D eigenvalue weighted by Crippen LogP contribution is 2.25. The summed E-state index contributed by atoms with van der Waals surface area (Å²) in [5.74, 6) is 0. The van der Waals surface area contributed by atoms with Gasteiger partial charge in [-0.25, -0.2) is 17.9 Å². The van der Waals surface area contributed by atoms with Gasteiger partial charge in [-0.2, -0.15) is 0 Å². The van der Waals surface area contributed by atoms with Crippen LogP contribution in [0.25, 0.3) is 0 Å². The average Bonchev–Trinajstić information content (AvgIpc) is 2.74. The Morgan fingerprint density at radius 1 is 1.12 bits per heavy atom. The Kier molecular flexibility index (Phi) is 4.76. The van der Waals surface area contributed by atoms with E-state index in [-0.39, 0.29) is 6.54 Å². The highest BCUT2D eigenvalue weighted by molar-refractivity contribution is 7.89. The van der Waals surface area contributed by atoms with Crippen molar-refractivity contribution in [3.63, 3.8) is 0 Å². The third-order valence-electron chi connectivity index (χ3n) is 3.83. The second-order valence-corrected chi connectivity index (χ2v) is 7.61. The molecule has 0 unspecified atom stereocenters. The smallest absolute Gasteiger partial charge is 0.335 e. The zero-order chi connectivity index (χ0) is 17.9. The van der Waals surface area contributed by atoms with Gasteiger partial charge in [0, 0.05) is 24.0 Å². The number of hydrogen-bond donors (Lipinski definition) is 2. The molecule has 0 fully saturated rings. The Hall–Kier alpha value is -2.80. The van der Waals surface area contributed by atoms with E-state index in [1.54, 1.807) is 6.20 Å². The molecule has 0 aromatic heterocycles. The fourth-order valence-electron chi connectivity index (χ4n) is 2.68. The van der Waals surface area contributed by atoms with Gasteiger partial charge >= 0.3 is 6.03 Å². The molecule has 0 spiro atoms. The highest BCUT2D eigenvalue weighted by atomic mass is 32.2. The molecule has 2 amide bonds. The first kappa shape index (κ1) is 17.0. The lowest BCUT2D eigenvalue weighted by Crippen LogP contribution is -2.41.